The number of carbonyl (C=O) groups is 1. The first kappa shape index (κ1) is 18.4. The van der Waals surface area contributed by atoms with Crippen molar-refractivity contribution in [3.05, 3.63) is 29.3 Å². The number of aryl methyl sites for hydroxylation is 1. The number of aromatic nitrogens is 3. The summed E-state index contributed by atoms with van der Waals surface area (Å²) in [6, 6.07) is 3.45. The third-order valence-electron chi connectivity index (χ3n) is 4.31. The Hall–Kier alpha value is -1.99. The van der Waals surface area contributed by atoms with Gasteiger partial charge in [-0.2, -0.15) is 4.98 Å². The Kier molecular flexibility index (Phi) is 5.25. The first-order chi connectivity index (χ1) is 10.9. The zero-order chi connectivity index (χ0) is 16.6. The Morgan fingerprint density at radius 2 is 1.92 bits per heavy atom. The average Bonchev–Trinajstić information content (AvgIpc) is 3.16. The van der Waals surface area contributed by atoms with Crippen molar-refractivity contribution in [3.8, 4) is 11.5 Å². The van der Waals surface area contributed by atoms with Gasteiger partial charge in [-0.15, -0.1) is 12.4 Å². The molecule has 24 heavy (non-hydrogen) atoms. The van der Waals surface area contributed by atoms with E-state index < -0.39 is 5.54 Å². The van der Waals surface area contributed by atoms with E-state index in [1.165, 1.54) is 4.90 Å². The van der Waals surface area contributed by atoms with Gasteiger partial charge in [0.05, 0.1) is 16.8 Å². The zero-order valence-electron chi connectivity index (χ0n) is 14.1. The molecule has 130 valence electrons. The summed E-state index contributed by atoms with van der Waals surface area (Å²) in [6.45, 7) is 1.82. The van der Waals surface area contributed by atoms with Crippen molar-refractivity contribution in [3.63, 3.8) is 0 Å². The van der Waals surface area contributed by atoms with E-state index in [0.717, 1.165) is 31.2 Å². The zero-order valence-corrected chi connectivity index (χ0v) is 14.9. The van der Waals surface area contributed by atoms with Crippen molar-refractivity contribution < 1.29 is 9.32 Å². The van der Waals surface area contributed by atoms with Crippen LogP contribution in [-0.2, 0) is 5.54 Å². The first-order valence-electron chi connectivity index (χ1n) is 7.73. The highest BCUT2D eigenvalue weighted by Gasteiger charge is 2.36. The molecule has 1 aliphatic rings. The van der Waals surface area contributed by atoms with Crippen LogP contribution in [0.15, 0.2) is 16.7 Å². The van der Waals surface area contributed by atoms with Crippen LogP contribution in [0.3, 0.4) is 0 Å². The summed E-state index contributed by atoms with van der Waals surface area (Å²) >= 11 is 0. The maximum atomic E-state index is 12.0. The lowest BCUT2D eigenvalue weighted by Crippen LogP contribution is -2.34. The SMILES string of the molecule is Cc1nc(C(=O)N(C)C)ccc1-c1nc(C2(N)CCCC2)no1.Cl. The number of halogens is 1. The normalized spacial score (nSPS) is 15.8. The van der Waals surface area contributed by atoms with Gasteiger partial charge in [-0.1, -0.05) is 18.0 Å². The predicted molar refractivity (Wildman–Crippen MR) is 91.9 cm³/mol. The Labute approximate surface area is 147 Å². The fraction of sp³-hybridized carbons (Fsp3) is 0.500. The standard InChI is InChI=1S/C16H21N5O2.ClH/c1-10-11(6-7-12(18-10)14(22)21(2)3)13-19-15(20-23-13)16(17)8-4-5-9-16;/h6-7H,4-5,8-9,17H2,1-3H3;1H. The number of pyridine rings is 1. The minimum atomic E-state index is -0.482. The molecule has 0 radical (unpaired) electrons. The molecule has 1 amide bonds. The fourth-order valence-corrected chi connectivity index (χ4v) is 2.90. The number of hydrogen-bond donors (Lipinski definition) is 1. The van der Waals surface area contributed by atoms with Gasteiger partial charge in [-0.25, -0.2) is 4.98 Å². The topological polar surface area (TPSA) is 98.1 Å². The quantitative estimate of drug-likeness (QED) is 0.910. The number of nitrogens with zero attached hydrogens (tertiary/aromatic N) is 4. The fourth-order valence-electron chi connectivity index (χ4n) is 2.90. The van der Waals surface area contributed by atoms with Gasteiger partial charge < -0.3 is 15.2 Å². The highest BCUT2D eigenvalue weighted by Crippen LogP contribution is 2.35. The number of hydrogen-bond acceptors (Lipinski definition) is 6. The van der Waals surface area contributed by atoms with Crippen LogP contribution in [0.4, 0.5) is 0 Å². The summed E-state index contributed by atoms with van der Waals surface area (Å²) < 4.78 is 5.38. The molecule has 8 heteroatoms. The minimum Gasteiger partial charge on any atom is -0.343 e. The summed E-state index contributed by atoms with van der Waals surface area (Å²) in [4.78, 5) is 22.3. The molecule has 0 aromatic carbocycles. The summed E-state index contributed by atoms with van der Waals surface area (Å²) in [6.07, 6.45) is 3.92. The molecule has 1 aliphatic carbocycles. The van der Waals surface area contributed by atoms with Crippen LogP contribution in [0.25, 0.3) is 11.5 Å². The third-order valence-corrected chi connectivity index (χ3v) is 4.31. The number of nitrogens with two attached hydrogens (primary N) is 1. The molecule has 2 heterocycles. The monoisotopic (exact) mass is 351 g/mol. The number of carbonyl (C=O) groups excluding carboxylic acids is 1. The van der Waals surface area contributed by atoms with Crippen molar-refractivity contribution >= 4 is 18.3 Å². The van der Waals surface area contributed by atoms with Crippen LogP contribution >= 0.6 is 12.4 Å². The van der Waals surface area contributed by atoms with Crippen molar-refractivity contribution in [2.24, 2.45) is 5.73 Å². The smallest absolute Gasteiger partial charge is 0.271 e. The minimum absolute atomic E-state index is 0. The van der Waals surface area contributed by atoms with Crippen LogP contribution in [-0.4, -0.2) is 40.0 Å². The molecule has 3 rings (SSSR count). The Bertz CT molecular complexity index is 738. The Morgan fingerprint density at radius 1 is 1.25 bits per heavy atom. The summed E-state index contributed by atoms with van der Waals surface area (Å²) in [5.41, 5.74) is 7.66. The van der Waals surface area contributed by atoms with Crippen LogP contribution in [0.5, 0.6) is 0 Å². The van der Waals surface area contributed by atoms with E-state index in [4.69, 9.17) is 10.3 Å². The summed E-state index contributed by atoms with van der Waals surface area (Å²) in [5.74, 6) is 0.807. The van der Waals surface area contributed by atoms with Crippen molar-refractivity contribution in [2.75, 3.05) is 14.1 Å². The van der Waals surface area contributed by atoms with Gasteiger partial charge in [0, 0.05) is 14.1 Å². The summed E-state index contributed by atoms with van der Waals surface area (Å²) in [5, 5.41) is 4.06. The summed E-state index contributed by atoms with van der Waals surface area (Å²) in [7, 11) is 3.39. The highest BCUT2D eigenvalue weighted by atomic mass is 35.5. The average molecular weight is 352 g/mol. The molecule has 0 saturated heterocycles. The van der Waals surface area contributed by atoms with Crippen LogP contribution in [0.2, 0.25) is 0 Å². The van der Waals surface area contributed by atoms with E-state index in [1.807, 2.05) is 6.92 Å². The van der Waals surface area contributed by atoms with Gasteiger partial charge in [0.1, 0.15) is 5.69 Å². The second-order valence-corrected chi connectivity index (χ2v) is 6.32. The lowest BCUT2D eigenvalue weighted by atomic mass is 9.98. The van der Waals surface area contributed by atoms with E-state index in [1.54, 1.807) is 26.2 Å². The highest BCUT2D eigenvalue weighted by molar-refractivity contribution is 5.92. The molecular formula is C16H22ClN5O2. The van der Waals surface area contributed by atoms with E-state index in [-0.39, 0.29) is 18.3 Å². The van der Waals surface area contributed by atoms with E-state index >= 15 is 0 Å². The molecule has 0 bridgehead atoms. The second-order valence-electron chi connectivity index (χ2n) is 6.32. The van der Waals surface area contributed by atoms with Gasteiger partial charge in [-0.05, 0) is 31.9 Å². The van der Waals surface area contributed by atoms with Crippen LogP contribution in [0.1, 0.15) is 47.7 Å². The molecule has 1 fully saturated rings. The Balaban J connectivity index is 0.00000208. The molecular weight excluding hydrogens is 330 g/mol. The number of amides is 1. The van der Waals surface area contributed by atoms with E-state index in [2.05, 4.69) is 15.1 Å². The van der Waals surface area contributed by atoms with Crippen molar-refractivity contribution in [1.29, 1.82) is 0 Å². The molecule has 1 saturated carbocycles. The molecule has 2 aromatic rings. The van der Waals surface area contributed by atoms with Crippen molar-refractivity contribution in [2.45, 2.75) is 38.1 Å². The second kappa shape index (κ2) is 6.86. The third kappa shape index (κ3) is 3.27. The lowest BCUT2D eigenvalue weighted by Gasteiger charge is -2.17. The maximum absolute atomic E-state index is 12.0. The molecule has 0 spiro atoms. The van der Waals surface area contributed by atoms with E-state index in [9.17, 15) is 4.79 Å². The van der Waals surface area contributed by atoms with Crippen LogP contribution < -0.4 is 5.73 Å². The maximum Gasteiger partial charge on any atom is 0.271 e. The van der Waals surface area contributed by atoms with Gasteiger partial charge in [0.25, 0.3) is 11.8 Å². The molecule has 0 unspecified atom stereocenters. The molecule has 7 nitrogen and oxygen atoms in total. The van der Waals surface area contributed by atoms with Crippen LogP contribution in [0, 0.1) is 6.92 Å². The van der Waals surface area contributed by atoms with E-state index in [0.29, 0.717) is 23.1 Å². The molecule has 0 aliphatic heterocycles. The molecule has 2 aromatic heterocycles. The predicted octanol–water partition coefficient (Wildman–Crippen LogP) is 2.29. The largest absolute Gasteiger partial charge is 0.343 e. The Morgan fingerprint density at radius 3 is 2.50 bits per heavy atom. The lowest BCUT2D eigenvalue weighted by molar-refractivity contribution is 0.0822. The van der Waals surface area contributed by atoms with Gasteiger partial charge in [0.15, 0.2) is 5.82 Å². The first-order valence-corrected chi connectivity index (χ1v) is 7.73. The molecule has 2 N–H and O–H groups in total. The molecule has 0 atom stereocenters. The number of rotatable bonds is 3. The van der Waals surface area contributed by atoms with Gasteiger partial charge in [-0.3, -0.25) is 4.79 Å². The van der Waals surface area contributed by atoms with Gasteiger partial charge >= 0.3 is 0 Å². The van der Waals surface area contributed by atoms with Crippen molar-refractivity contribution in [1.82, 2.24) is 20.0 Å². The van der Waals surface area contributed by atoms with Gasteiger partial charge in [0.2, 0.25) is 0 Å².